The molecule has 0 aliphatic carbocycles. The number of amides is 1. The maximum absolute atomic E-state index is 13.7. The van der Waals surface area contributed by atoms with Crippen LogP contribution in [0.1, 0.15) is 32.0 Å². The molecule has 1 amide bonds. The summed E-state index contributed by atoms with van der Waals surface area (Å²) in [6.45, 7) is 2.01. The molecule has 35 heavy (non-hydrogen) atoms. The normalized spacial score (nSPS) is 10.7. The first kappa shape index (κ1) is 22.0. The molecule has 0 atom stereocenters. The van der Waals surface area contributed by atoms with Gasteiger partial charge in [-0.2, -0.15) is 5.10 Å². The molecule has 0 spiro atoms. The number of anilines is 1. The number of benzene rings is 4. The fourth-order valence-electron chi connectivity index (χ4n) is 3.97. The van der Waals surface area contributed by atoms with Crippen molar-refractivity contribution in [1.82, 2.24) is 9.78 Å². The van der Waals surface area contributed by atoms with Crippen molar-refractivity contribution in [3.63, 3.8) is 0 Å². The van der Waals surface area contributed by atoms with Gasteiger partial charge in [-0.3, -0.25) is 9.59 Å². The van der Waals surface area contributed by atoms with Crippen LogP contribution in [0.15, 0.2) is 115 Å². The predicted molar refractivity (Wildman–Crippen MR) is 138 cm³/mol. The van der Waals surface area contributed by atoms with Crippen LogP contribution in [0.2, 0.25) is 0 Å². The average Bonchev–Trinajstić information content (AvgIpc) is 3.31. The standard InChI is InChI=1S/C30H23N3O2/c1-21-17-19-25(20-18-21)33-28(22-11-5-2-6-12-22)26(30(35)31-24-15-9-4-10-16-24)27(32-33)29(34)23-13-7-3-8-14-23/h2-20H,1H3,(H,31,35). The molecule has 0 radical (unpaired) electrons. The van der Waals surface area contributed by atoms with Crippen LogP contribution in [0, 0.1) is 6.92 Å². The molecule has 1 N–H and O–H groups in total. The molecule has 0 aliphatic heterocycles. The smallest absolute Gasteiger partial charge is 0.260 e. The van der Waals surface area contributed by atoms with Gasteiger partial charge in [-0.1, -0.05) is 96.6 Å². The zero-order valence-corrected chi connectivity index (χ0v) is 19.2. The van der Waals surface area contributed by atoms with Gasteiger partial charge in [0, 0.05) is 16.8 Å². The lowest BCUT2D eigenvalue weighted by molar-refractivity contribution is 0.0995. The van der Waals surface area contributed by atoms with Crippen molar-refractivity contribution in [2.24, 2.45) is 0 Å². The van der Waals surface area contributed by atoms with Crippen molar-refractivity contribution in [2.75, 3.05) is 5.32 Å². The fourth-order valence-corrected chi connectivity index (χ4v) is 3.97. The highest BCUT2D eigenvalue weighted by molar-refractivity contribution is 6.19. The number of aryl methyl sites for hydroxylation is 1. The van der Waals surface area contributed by atoms with Crippen molar-refractivity contribution < 1.29 is 9.59 Å². The van der Waals surface area contributed by atoms with E-state index in [0.717, 1.165) is 16.8 Å². The number of rotatable bonds is 6. The van der Waals surface area contributed by atoms with E-state index in [1.165, 1.54) is 0 Å². The van der Waals surface area contributed by atoms with Crippen LogP contribution in [0.4, 0.5) is 5.69 Å². The molecule has 5 aromatic rings. The van der Waals surface area contributed by atoms with E-state index in [-0.39, 0.29) is 17.0 Å². The summed E-state index contributed by atoms with van der Waals surface area (Å²) >= 11 is 0. The number of carbonyl (C=O) groups excluding carboxylic acids is 2. The lowest BCUT2D eigenvalue weighted by Crippen LogP contribution is -2.17. The zero-order chi connectivity index (χ0) is 24.2. The summed E-state index contributed by atoms with van der Waals surface area (Å²) in [5.74, 6) is -0.709. The third kappa shape index (κ3) is 4.52. The summed E-state index contributed by atoms with van der Waals surface area (Å²) in [6.07, 6.45) is 0. The zero-order valence-electron chi connectivity index (χ0n) is 19.2. The SMILES string of the molecule is Cc1ccc(-n2nc(C(=O)c3ccccc3)c(C(=O)Nc3ccccc3)c2-c2ccccc2)cc1. The van der Waals surface area contributed by atoms with Gasteiger partial charge >= 0.3 is 0 Å². The molecule has 0 bridgehead atoms. The Morgan fingerprint density at radius 1 is 0.714 bits per heavy atom. The van der Waals surface area contributed by atoms with Gasteiger partial charge in [-0.25, -0.2) is 4.68 Å². The number of nitrogens with zero attached hydrogens (tertiary/aromatic N) is 2. The molecular formula is C30H23N3O2. The van der Waals surface area contributed by atoms with Gasteiger partial charge in [0.15, 0.2) is 0 Å². The highest BCUT2D eigenvalue weighted by atomic mass is 16.2. The summed E-state index contributed by atoms with van der Waals surface area (Å²) in [4.78, 5) is 27.4. The van der Waals surface area contributed by atoms with E-state index in [2.05, 4.69) is 5.32 Å². The van der Waals surface area contributed by atoms with Crippen LogP contribution < -0.4 is 5.32 Å². The van der Waals surface area contributed by atoms with Gasteiger partial charge in [0.1, 0.15) is 5.69 Å². The minimum Gasteiger partial charge on any atom is -0.322 e. The van der Waals surface area contributed by atoms with Crippen LogP contribution in [0.5, 0.6) is 0 Å². The number of ketones is 1. The molecule has 0 aliphatic rings. The Hall–Kier alpha value is -4.77. The first-order valence-corrected chi connectivity index (χ1v) is 11.3. The predicted octanol–water partition coefficient (Wildman–Crippen LogP) is 6.33. The maximum atomic E-state index is 13.7. The molecule has 5 heteroatoms. The second-order valence-electron chi connectivity index (χ2n) is 8.20. The third-order valence-corrected chi connectivity index (χ3v) is 5.72. The number of hydrogen-bond acceptors (Lipinski definition) is 3. The largest absolute Gasteiger partial charge is 0.322 e. The van der Waals surface area contributed by atoms with E-state index in [0.29, 0.717) is 16.9 Å². The lowest BCUT2D eigenvalue weighted by atomic mass is 9.99. The molecule has 1 aromatic heterocycles. The number of para-hydroxylation sites is 1. The van der Waals surface area contributed by atoms with Crippen LogP contribution in [-0.2, 0) is 0 Å². The van der Waals surface area contributed by atoms with E-state index in [1.54, 1.807) is 28.9 Å². The van der Waals surface area contributed by atoms with Crippen molar-refractivity contribution in [3.8, 4) is 16.9 Å². The second kappa shape index (κ2) is 9.61. The number of hydrogen-bond donors (Lipinski definition) is 1. The van der Waals surface area contributed by atoms with Crippen LogP contribution >= 0.6 is 0 Å². The Bertz CT molecular complexity index is 1470. The Morgan fingerprint density at radius 2 is 1.29 bits per heavy atom. The minimum absolute atomic E-state index is 0.101. The fraction of sp³-hybridized carbons (Fsp3) is 0.0333. The van der Waals surface area contributed by atoms with Gasteiger partial charge in [0.2, 0.25) is 5.78 Å². The molecule has 0 saturated carbocycles. The summed E-state index contributed by atoms with van der Waals surface area (Å²) in [6, 6.07) is 35.5. The molecule has 170 valence electrons. The monoisotopic (exact) mass is 457 g/mol. The molecule has 5 nitrogen and oxygen atoms in total. The first-order valence-electron chi connectivity index (χ1n) is 11.3. The Labute approximate surface area is 203 Å². The minimum atomic E-state index is -0.396. The van der Waals surface area contributed by atoms with Gasteiger partial charge in [-0.05, 0) is 31.2 Å². The molecule has 0 saturated heterocycles. The highest BCUT2D eigenvalue weighted by Gasteiger charge is 2.30. The van der Waals surface area contributed by atoms with Crippen molar-refractivity contribution in [3.05, 3.63) is 138 Å². The third-order valence-electron chi connectivity index (χ3n) is 5.72. The van der Waals surface area contributed by atoms with Gasteiger partial charge < -0.3 is 5.32 Å². The van der Waals surface area contributed by atoms with Gasteiger partial charge in [0.05, 0.1) is 16.9 Å². The summed E-state index contributed by atoms with van der Waals surface area (Å²) in [7, 11) is 0. The summed E-state index contributed by atoms with van der Waals surface area (Å²) in [5.41, 5.74) is 4.64. The summed E-state index contributed by atoms with van der Waals surface area (Å²) in [5, 5.41) is 7.68. The van der Waals surface area contributed by atoms with Crippen LogP contribution in [0.3, 0.4) is 0 Å². The molecule has 0 unspecified atom stereocenters. The Morgan fingerprint density at radius 3 is 1.91 bits per heavy atom. The Balaban J connectivity index is 1.76. The lowest BCUT2D eigenvalue weighted by Gasteiger charge is -2.11. The molecule has 1 heterocycles. The van der Waals surface area contributed by atoms with E-state index in [4.69, 9.17) is 5.10 Å². The molecular weight excluding hydrogens is 434 g/mol. The van der Waals surface area contributed by atoms with Crippen LogP contribution in [-0.4, -0.2) is 21.5 Å². The molecule has 0 fully saturated rings. The van der Waals surface area contributed by atoms with Crippen LogP contribution in [0.25, 0.3) is 16.9 Å². The highest BCUT2D eigenvalue weighted by Crippen LogP contribution is 2.31. The van der Waals surface area contributed by atoms with E-state index in [1.807, 2.05) is 97.9 Å². The molecule has 4 aromatic carbocycles. The quantitative estimate of drug-likeness (QED) is 0.303. The topological polar surface area (TPSA) is 64.0 Å². The van der Waals surface area contributed by atoms with Crippen molar-refractivity contribution >= 4 is 17.4 Å². The first-order chi connectivity index (χ1) is 17.1. The number of nitrogens with one attached hydrogen (secondary N) is 1. The van der Waals surface area contributed by atoms with E-state index < -0.39 is 5.91 Å². The van der Waals surface area contributed by atoms with E-state index in [9.17, 15) is 9.59 Å². The number of aromatic nitrogens is 2. The van der Waals surface area contributed by atoms with Gasteiger partial charge in [0.25, 0.3) is 5.91 Å². The second-order valence-corrected chi connectivity index (χ2v) is 8.20. The number of carbonyl (C=O) groups is 2. The van der Waals surface area contributed by atoms with E-state index >= 15 is 0 Å². The Kier molecular flexibility index (Phi) is 6.05. The molecule has 5 rings (SSSR count). The van der Waals surface area contributed by atoms with Crippen molar-refractivity contribution in [2.45, 2.75) is 6.92 Å². The van der Waals surface area contributed by atoms with Crippen molar-refractivity contribution in [1.29, 1.82) is 0 Å². The van der Waals surface area contributed by atoms with Gasteiger partial charge in [-0.15, -0.1) is 0 Å². The summed E-state index contributed by atoms with van der Waals surface area (Å²) < 4.78 is 1.69. The maximum Gasteiger partial charge on any atom is 0.260 e. The average molecular weight is 458 g/mol.